The summed E-state index contributed by atoms with van der Waals surface area (Å²) < 4.78 is 13.4. The Balaban J connectivity index is 1.83. The lowest BCUT2D eigenvalue weighted by atomic mass is 10.2. The number of hydrogen-bond donors (Lipinski definition) is 2. The van der Waals surface area contributed by atoms with E-state index >= 15 is 0 Å². The lowest BCUT2D eigenvalue weighted by molar-refractivity contribution is 0.630. The van der Waals surface area contributed by atoms with Crippen LogP contribution in [0.3, 0.4) is 0 Å². The molecule has 1 aromatic carbocycles. The third-order valence-corrected chi connectivity index (χ3v) is 2.88. The highest BCUT2D eigenvalue weighted by atomic mass is 19.1. The molecule has 90 valence electrons. The van der Waals surface area contributed by atoms with Crippen molar-refractivity contribution in [3.05, 3.63) is 60.2 Å². The van der Waals surface area contributed by atoms with Crippen molar-refractivity contribution in [3.63, 3.8) is 0 Å². The van der Waals surface area contributed by atoms with E-state index in [0.717, 1.165) is 16.6 Å². The zero-order chi connectivity index (χ0) is 12.4. The largest absolute Gasteiger partial charge is 0.379 e. The third kappa shape index (κ3) is 1.93. The van der Waals surface area contributed by atoms with Crippen LogP contribution in [0.4, 0.5) is 10.1 Å². The molecule has 0 saturated carbocycles. The number of rotatable bonds is 3. The van der Waals surface area contributed by atoms with Crippen molar-refractivity contribution in [1.82, 2.24) is 9.97 Å². The van der Waals surface area contributed by atoms with Gasteiger partial charge in [0.1, 0.15) is 11.5 Å². The Morgan fingerprint density at radius 1 is 1.17 bits per heavy atom. The summed E-state index contributed by atoms with van der Waals surface area (Å²) in [4.78, 5) is 7.31. The van der Waals surface area contributed by atoms with Gasteiger partial charge in [-0.3, -0.25) is 0 Å². The number of pyridine rings is 1. The van der Waals surface area contributed by atoms with Crippen molar-refractivity contribution in [1.29, 1.82) is 0 Å². The molecule has 18 heavy (non-hydrogen) atoms. The number of nitrogens with one attached hydrogen (secondary N) is 2. The number of benzene rings is 1. The molecule has 2 heterocycles. The van der Waals surface area contributed by atoms with E-state index in [-0.39, 0.29) is 5.82 Å². The fourth-order valence-electron chi connectivity index (χ4n) is 1.95. The highest BCUT2D eigenvalue weighted by molar-refractivity contribution is 5.79. The summed E-state index contributed by atoms with van der Waals surface area (Å²) in [7, 11) is 0. The van der Waals surface area contributed by atoms with Gasteiger partial charge in [-0.15, -0.1) is 0 Å². The first-order chi connectivity index (χ1) is 8.84. The zero-order valence-electron chi connectivity index (χ0n) is 9.65. The topological polar surface area (TPSA) is 40.7 Å². The Labute approximate surface area is 104 Å². The number of fused-ring (bicyclic) bond motifs is 1. The molecule has 0 atom stereocenters. The van der Waals surface area contributed by atoms with E-state index in [1.165, 1.54) is 6.07 Å². The zero-order valence-corrected chi connectivity index (χ0v) is 9.65. The van der Waals surface area contributed by atoms with Crippen LogP contribution >= 0.6 is 0 Å². The summed E-state index contributed by atoms with van der Waals surface area (Å²) in [5.74, 6) is -0.240. The normalized spacial score (nSPS) is 10.7. The molecule has 2 N–H and O–H groups in total. The second-order valence-corrected chi connectivity index (χ2v) is 4.05. The molecule has 0 fully saturated rings. The molecule has 0 aliphatic carbocycles. The van der Waals surface area contributed by atoms with Crippen LogP contribution in [0.5, 0.6) is 0 Å². The fraction of sp³-hybridized carbons (Fsp3) is 0.0714. The van der Waals surface area contributed by atoms with Crippen molar-refractivity contribution >= 4 is 16.7 Å². The maximum absolute atomic E-state index is 13.4. The number of aromatic nitrogens is 2. The molecular weight excluding hydrogens is 229 g/mol. The number of halogens is 1. The van der Waals surface area contributed by atoms with Crippen LogP contribution in [0.1, 0.15) is 5.56 Å². The van der Waals surface area contributed by atoms with Crippen LogP contribution in [0.25, 0.3) is 11.0 Å². The van der Waals surface area contributed by atoms with Gasteiger partial charge in [0.15, 0.2) is 0 Å². The minimum atomic E-state index is -0.240. The van der Waals surface area contributed by atoms with Crippen molar-refractivity contribution in [2.45, 2.75) is 6.54 Å². The van der Waals surface area contributed by atoms with Crippen molar-refractivity contribution in [3.8, 4) is 0 Å². The minimum Gasteiger partial charge on any atom is -0.379 e. The summed E-state index contributed by atoms with van der Waals surface area (Å²) in [5.41, 5.74) is 2.43. The summed E-state index contributed by atoms with van der Waals surface area (Å²) in [6.07, 6.45) is 3.64. The molecule has 3 rings (SSSR count). The smallest absolute Gasteiger partial charge is 0.146 e. The molecule has 3 aromatic rings. The van der Waals surface area contributed by atoms with E-state index in [9.17, 15) is 4.39 Å². The predicted octanol–water partition coefficient (Wildman–Crippen LogP) is 3.31. The maximum Gasteiger partial charge on any atom is 0.146 e. The third-order valence-electron chi connectivity index (χ3n) is 2.88. The van der Waals surface area contributed by atoms with E-state index in [4.69, 9.17) is 0 Å². The Morgan fingerprint density at radius 3 is 2.94 bits per heavy atom. The van der Waals surface area contributed by atoms with Crippen LogP contribution in [0.15, 0.2) is 48.8 Å². The van der Waals surface area contributed by atoms with Gasteiger partial charge in [-0.1, -0.05) is 12.1 Å². The molecule has 0 amide bonds. The highest BCUT2D eigenvalue weighted by Crippen LogP contribution is 2.18. The summed E-state index contributed by atoms with van der Waals surface area (Å²) in [6.45, 7) is 0.562. The van der Waals surface area contributed by atoms with Crippen LogP contribution in [-0.4, -0.2) is 9.97 Å². The monoisotopic (exact) mass is 241 g/mol. The molecule has 0 radical (unpaired) electrons. The number of aromatic amines is 1. The average Bonchev–Trinajstić information content (AvgIpc) is 2.81. The molecular formula is C14H12FN3. The van der Waals surface area contributed by atoms with E-state index in [0.29, 0.717) is 12.2 Å². The van der Waals surface area contributed by atoms with Crippen LogP contribution < -0.4 is 5.32 Å². The number of anilines is 1. The molecule has 4 heteroatoms. The van der Waals surface area contributed by atoms with E-state index in [1.54, 1.807) is 18.3 Å². The number of nitrogens with zero attached hydrogens (tertiary/aromatic N) is 1. The summed E-state index contributed by atoms with van der Waals surface area (Å²) in [5, 5.41) is 4.14. The second kappa shape index (κ2) is 4.49. The van der Waals surface area contributed by atoms with Gasteiger partial charge < -0.3 is 10.3 Å². The predicted molar refractivity (Wildman–Crippen MR) is 69.8 cm³/mol. The van der Waals surface area contributed by atoms with Crippen LogP contribution in [-0.2, 0) is 6.54 Å². The highest BCUT2D eigenvalue weighted by Gasteiger charge is 2.05. The van der Waals surface area contributed by atoms with E-state index < -0.39 is 0 Å². The van der Waals surface area contributed by atoms with Gasteiger partial charge in [-0.2, -0.15) is 0 Å². The number of hydrogen-bond acceptors (Lipinski definition) is 2. The molecule has 3 nitrogen and oxygen atoms in total. The molecule has 2 aromatic heterocycles. The second-order valence-electron chi connectivity index (χ2n) is 4.05. The lowest BCUT2D eigenvalue weighted by Gasteiger charge is -2.06. The maximum atomic E-state index is 13.4. The SMILES string of the molecule is Fc1ccccc1NCc1c[nH]c2ncccc12. The molecule has 0 spiro atoms. The fourth-order valence-corrected chi connectivity index (χ4v) is 1.95. The summed E-state index contributed by atoms with van der Waals surface area (Å²) >= 11 is 0. The van der Waals surface area contributed by atoms with Gasteiger partial charge in [-0.25, -0.2) is 9.37 Å². The standard InChI is InChI=1S/C14H12FN3/c15-12-5-1-2-6-13(12)17-8-10-9-18-14-11(10)4-3-7-16-14/h1-7,9,17H,8H2,(H,16,18). The molecule has 0 aliphatic heterocycles. The van der Waals surface area contributed by atoms with Crippen molar-refractivity contribution in [2.75, 3.05) is 5.32 Å². The molecule has 0 bridgehead atoms. The van der Waals surface area contributed by atoms with E-state index in [1.807, 2.05) is 24.4 Å². The Bertz CT molecular complexity index is 675. The molecule has 0 unspecified atom stereocenters. The van der Waals surface area contributed by atoms with E-state index in [2.05, 4.69) is 15.3 Å². The Kier molecular flexibility index (Phi) is 2.68. The quantitative estimate of drug-likeness (QED) is 0.738. The molecule has 0 saturated heterocycles. The van der Waals surface area contributed by atoms with Gasteiger partial charge in [0, 0.05) is 24.3 Å². The minimum absolute atomic E-state index is 0.240. The number of para-hydroxylation sites is 1. The first-order valence-corrected chi connectivity index (χ1v) is 5.74. The van der Waals surface area contributed by atoms with Crippen molar-refractivity contribution in [2.24, 2.45) is 0 Å². The van der Waals surface area contributed by atoms with Crippen LogP contribution in [0.2, 0.25) is 0 Å². The Morgan fingerprint density at radius 2 is 2.06 bits per heavy atom. The van der Waals surface area contributed by atoms with Crippen LogP contribution in [0, 0.1) is 5.82 Å². The van der Waals surface area contributed by atoms with Gasteiger partial charge >= 0.3 is 0 Å². The average molecular weight is 241 g/mol. The Hall–Kier alpha value is -2.36. The first kappa shape index (κ1) is 10.8. The van der Waals surface area contributed by atoms with Crippen molar-refractivity contribution < 1.29 is 4.39 Å². The van der Waals surface area contributed by atoms with Gasteiger partial charge in [-0.05, 0) is 29.8 Å². The first-order valence-electron chi connectivity index (χ1n) is 5.74. The lowest BCUT2D eigenvalue weighted by Crippen LogP contribution is -2.00. The van der Waals surface area contributed by atoms with Gasteiger partial charge in [0.25, 0.3) is 0 Å². The molecule has 0 aliphatic rings. The van der Waals surface area contributed by atoms with Gasteiger partial charge in [0.2, 0.25) is 0 Å². The number of H-pyrrole nitrogens is 1. The summed E-state index contributed by atoms with van der Waals surface area (Å²) in [6, 6.07) is 10.5. The van der Waals surface area contributed by atoms with Gasteiger partial charge in [0.05, 0.1) is 5.69 Å².